The van der Waals surface area contributed by atoms with Crippen LogP contribution in [0.4, 0.5) is 0 Å². The van der Waals surface area contributed by atoms with Crippen molar-refractivity contribution in [2.45, 2.75) is 46.6 Å². The quantitative estimate of drug-likeness (QED) is 0.732. The smallest absolute Gasteiger partial charge is 0.0491 e. The SMILES string of the molecule is COCC(C)C(CNC1CC1)C(C)(C)C. The summed E-state index contributed by atoms with van der Waals surface area (Å²) in [5.74, 6) is 1.32. The van der Waals surface area contributed by atoms with Crippen LogP contribution in [0.25, 0.3) is 0 Å². The summed E-state index contributed by atoms with van der Waals surface area (Å²) < 4.78 is 5.27. The number of hydrogen-bond donors (Lipinski definition) is 1. The van der Waals surface area contributed by atoms with Crippen LogP contribution in [-0.2, 0) is 4.74 Å². The predicted molar refractivity (Wildman–Crippen MR) is 65.0 cm³/mol. The molecule has 0 heterocycles. The molecule has 0 bridgehead atoms. The van der Waals surface area contributed by atoms with E-state index in [1.165, 1.54) is 12.8 Å². The first-order chi connectivity index (χ1) is 6.95. The lowest BCUT2D eigenvalue weighted by Gasteiger charge is -2.35. The second kappa shape index (κ2) is 5.31. The van der Waals surface area contributed by atoms with Crippen molar-refractivity contribution in [3.05, 3.63) is 0 Å². The van der Waals surface area contributed by atoms with Gasteiger partial charge < -0.3 is 10.1 Å². The van der Waals surface area contributed by atoms with Crippen LogP contribution in [-0.4, -0.2) is 26.3 Å². The maximum absolute atomic E-state index is 5.27. The topological polar surface area (TPSA) is 21.3 Å². The van der Waals surface area contributed by atoms with E-state index in [0.717, 1.165) is 19.2 Å². The molecule has 0 aromatic carbocycles. The molecule has 90 valence electrons. The molecule has 0 saturated heterocycles. The zero-order valence-corrected chi connectivity index (χ0v) is 11.0. The largest absolute Gasteiger partial charge is 0.384 e. The maximum atomic E-state index is 5.27. The van der Waals surface area contributed by atoms with E-state index in [-0.39, 0.29) is 0 Å². The van der Waals surface area contributed by atoms with Crippen molar-refractivity contribution in [2.24, 2.45) is 17.3 Å². The Morgan fingerprint density at radius 2 is 1.93 bits per heavy atom. The van der Waals surface area contributed by atoms with Gasteiger partial charge in [0.25, 0.3) is 0 Å². The summed E-state index contributed by atoms with van der Waals surface area (Å²) in [6.07, 6.45) is 2.74. The van der Waals surface area contributed by atoms with Crippen LogP contribution >= 0.6 is 0 Å². The Morgan fingerprint density at radius 3 is 2.33 bits per heavy atom. The van der Waals surface area contributed by atoms with Gasteiger partial charge in [-0.3, -0.25) is 0 Å². The minimum atomic E-state index is 0.361. The first kappa shape index (κ1) is 13.0. The Hall–Kier alpha value is -0.0800. The van der Waals surface area contributed by atoms with Crippen molar-refractivity contribution in [2.75, 3.05) is 20.3 Å². The van der Waals surface area contributed by atoms with Crippen LogP contribution in [0.1, 0.15) is 40.5 Å². The molecule has 0 aliphatic heterocycles. The zero-order chi connectivity index (χ0) is 11.5. The van der Waals surface area contributed by atoms with Crippen molar-refractivity contribution < 1.29 is 4.74 Å². The molecule has 0 radical (unpaired) electrons. The van der Waals surface area contributed by atoms with Gasteiger partial charge in [0.1, 0.15) is 0 Å². The average Bonchev–Trinajstić information content (AvgIpc) is 2.86. The van der Waals surface area contributed by atoms with Gasteiger partial charge in [-0.05, 0) is 36.6 Å². The fraction of sp³-hybridized carbons (Fsp3) is 1.00. The van der Waals surface area contributed by atoms with E-state index in [0.29, 0.717) is 17.3 Å². The molecule has 1 aliphatic carbocycles. The average molecular weight is 213 g/mol. The highest BCUT2D eigenvalue weighted by atomic mass is 16.5. The Labute approximate surface area is 94.8 Å². The highest BCUT2D eigenvalue weighted by Crippen LogP contribution is 2.32. The molecule has 0 aromatic rings. The van der Waals surface area contributed by atoms with Gasteiger partial charge in [0.2, 0.25) is 0 Å². The molecule has 1 saturated carbocycles. The Morgan fingerprint density at radius 1 is 1.33 bits per heavy atom. The highest BCUT2D eigenvalue weighted by Gasteiger charge is 2.31. The fourth-order valence-electron chi connectivity index (χ4n) is 2.32. The van der Waals surface area contributed by atoms with Gasteiger partial charge in [-0.25, -0.2) is 0 Å². The van der Waals surface area contributed by atoms with Gasteiger partial charge in [0.15, 0.2) is 0 Å². The summed E-state index contributed by atoms with van der Waals surface area (Å²) in [5, 5.41) is 3.65. The first-order valence-electron chi connectivity index (χ1n) is 6.17. The number of hydrogen-bond acceptors (Lipinski definition) is 2. The minimum Gasteiger partial charge on any atom is -0.384 e. The molecule has 1 rings (SSSR count). The van der Waals surface area contributed by atoms with Crippen LogP contribution < -0.4 is 5.32 Å². The molecule has 1 N–H and O–H groups in total. The normalized spacial score (nSPS) is 21.4. The van der Waals surface area contributed by atoms with Crippen LogP contribution in [0.2, 0.25) is 0 Å². The lowest BCUT2D eigenvalue weighted by molar-refractivity contribution is 0.0795. The van der Waals surface area contributed by atoms with Gasteiger partial charge >= 0.3 is 0 Å². The molecule has 2 heteroatoms. The summed E-state index contributed by atoms with van der Waals surface area (Å²) in [5.41, 5.74) is 0.361. The lowest BCUT2D eigenvalue weighted by atomic mass is 9.74. The molecule has 0 spiro atoms. The number of rotatable bonds is 6. The predicted octanol–water partition coefficient (Wildman–Crippen LogP) is 2.68. The van der Waals surface area contributed by atoms with Gasteiger partial charge in [0.05, 0.1) is 0 Å². The Balaban J connectivity index is 2.43. The van der Waals surface area contributed by atoms with E-state index in [4.69, 9.17) is 4.74 Å². The van der Waals surface area contributed by atoms with Crippen LogP contribution in [0.15, 0.2) is 0 Å². The molecule has 2 unspecified atom stereocenters. The van der Waals surface area contributed by atoms with E-state index in [1.54, 1.807) is 7.11 Å². The molecule has 0 amide bonds. The second-order valence-corrected chi connectivity index (χ2v) is 6.09. The van der Waals surface area contributed by atoms with E-state index >= 15 is 0 Å². The monoisotopic (exact) mass is 213 g/mol. The van der Waals surface area contributed by atoms with Crippen molar-refractivity contribution in [1.29, 1.82) is 0 Å². The summed E-state index contributed by atoms with van der Waals surface area (Å²) in [4.78, 5) is 0. The summed E-state index contributed by atoms with van der Waals surface area (Å²) in [6.45, 7) is 11.3. The Kier molecular flexibility index (Phi) is 4.60. The van der Waals surface area contributed by atoms with Gasteiger partial charge in [-0.2, -0.15) is 0 Å². The van der Waals surface area contributed by atoms with Crippen molar-refractivity contribution in [3.8, 4) is 0 Å². The van der Waals surface area contributed by atoms with Crippen LogP contribution in [0, 0.1) is 17.3 Å². The summed E-state index contributed by atoms with van der Waals surface area (Å²) >= 11 is 0. The van der Waals surface area contributed by atoms with E-state index in [9.17, 15) is 0 Å². The fourth-order valence-corrected chi connectivity index (χ4v) is 2.32. The van der Waals surface area contributed by atoms with E-state index in [1.807, 2.05) is 0 Å². The number of ether oxygens (including phenoxy) is 1. The molecular weight excluding hydrogens is 186 g/mol. The van der Waals surface area contributed by atoms with Gasteiger partial charge in [0, 0.05) is 19.8 Å². The number of nitrogens with one attached hydrogen (secondary N) is 1. The molecular formula is C13H27NO. The summed E-state index contributed by atoms with van der Waals surface area (Å²) in [7, 11) is 1.80. The minimum absolute atomic E-state index is 0.361. The molecule has 2 atom stereocenters. The second-order valence-electron chi connectivity index (χ2n) is 6.09. The van der Waals surface area contributed by atoms with E-state index in [2.05, 4.69) is 33.0 Å². The Bertz CT molecular complexity index is 181. The third-order valence-electron chi connectivity index (χ3n) is 3.43. The zero-order valence-electron chi connectivity index (χ0n) is 11.0. The van der Waals surface area contributed by atoms with Gasteiger partial charge in [-0.15, -0.1) is 0 Å². The van der Waals surface area contributed by atoms with Crippen molar-refractivity contribution in [3.63, 3.8) is 0 Å². The van der Waals surface area contributed by atoms with Crippen molar-refractivity contribution >= 4 is 0 Å². The maximum Gasteiger partial charge on any atom is 0.0491 e. The molecule has 1 fully saturated rings. The molecule has 0 aromatic heterocycles. The van der Waals surface area contributed by atoms with Crippen LogP contribution in [0.3, 0.4) is 0 Å². The number of methoxy groups -OCH3 is 1. The summed E-state index contributed by atoms with van der Waals surface area (Å²) in [6, 6.07) is 0.810. The van der Waals surface area contributed by atoms with E-state index < -0.39 is 0 Å². The molecule has 15 heavy (non-hydrogen) atoms. The highest BCUT2D eigenvalue weighted by molar-refractivity contribution is 4.86. The van der Waals surface area contributed by atoms with Crippen LogP contribution in [0.5, 0.6) is 0 Å². The standard InChI is InChI=1S/C13H27NO/c1-10(9-15-5)12(13(2,3)4)8-14-11-6-7-11/h10-12,14H,6-9H2,1-5H3. The van der Waals surface area contributed by atoms with Gasteiger partial charge in [-0.1, -0.05) is 27.7 Å². The third kappa shape index (κ3) is 4.52. The van der Waals surface area contributed by atoms with Crippen molar-refractivity contribution in [1.82, 2.24) is 5.32 Å². The molecule has 1 aliphatic rings. The lowest BCUT2D eigenvalue weighted by Crippen LogP contribution is -2.38. The molecule has 2 nitrogen and oxygen atoms in total. The first-order valence-corrected chi connectivity index (χ1v) is 6.17. The third-order valence-corrected chi connectivity index (χ3v) is 3.43.